The standard InChI is InChI=1S/C18H19FN2O/c19-15-9-6-13(7-10-15)17-11-8-14(12-20-17)18(22)21-16-4-2-1-3-5-16/h6-12,16H,1-5H2,(H,21,22). The van der Waals surface area contributed by atoms with Crippen LogP contribution in [0.4, 0.5) is 4.39 Å². The van der Waals surface area contributed by atoms with Crippen LogP contribution in [0.1, 0.15) is 42.5 Å². The molecule has 0 saturated heterocycles. The van der Waals surface area contributed by atoms with Gasteiger partial charge in [0.2, 0.25) is 0 Å². The molecular weight excluding hydrogens is 279 g/mol. The number of carbonyl (C=O) groups is 1. The molecule has 1 saturated carbocycles. The smallest absolute Gasteiger partial charge is 0.253 e. The van der Waals surface area contributed by atoms with Gasteiger partial charge in [-0.15, -0.1) is 0 Å². The van der Waals surface area contributed by atoms with Gasteiger partial charge in [0.05, 0.1) is 11.3 Å². The number of hydrogen-bond donors (Lipinski definition) is 1. The number of pyridine rings is 1. The van der Waals surface area contributed by atoms with E-state index in [4.69, 9.17) is 0 Å². The van der Waals surface area contributed by atoms with Crippen LogP contribution in [-0.2, 0) is 0 Å². The van der Waals surface area contributed by atoms with Crippen molar-refractivity contribution in [2.24, 2.45) is 0 Å². The van der Waals surface area contributed by atoms with Crippen LogP contribution < -0.4 is 5.32 Å². The van der Waals surface area contributed by atoms with Gasteiger partial charge in [-0.2, -0.15) is 0 Å². The average Bonchev–Trinajstić information content (AvgIpc) is 2.57. The van der Waals surface area contributed by atoms with Gasteiger partial charge in [-0.3, -0.25) is 9.78 Å². The highest BCUT2D eigenvalue weighted by molar-refractivity contribution is 5.94. The van der Waals surface area contributed by atoms with Crippen molar-refractivity contribution in [2.45, 2.75) is 38.1 Å². The normalized spacial score (nSPS) is 15.5. The predicted molar refractivity (Wildman–Crippen MR) is 84.0 cm³/mol. The maximum absolute atomic E-state index is 12.9. The van der Waals surface area contributed by atoms with Crippen LogP contribution >= 0.6 is 0 Å². The first-order chi connectivity index (χ1) is 10.7. The fourth-order valence-corrected chi connectivity index (χ4v) is 2.84. The Hall–Kier alpha value is -2.23. The van der Waals surface area contributed by atoms with Gasteiger partial charge >= 0.3 is 0 Å². The predicted octanol–water partition coefficient (Wildman–Crippen LogP) is 3.95. The first-order valence-corrected chi connectivity index (χ1v) is 7.75. The van der Waals surface area contributed by atoms with Gasteiger partial charge in [0.25, 0.3) is 5.91 Å². The number of carbonyl (C=O) groups excluding carboxylic acids is 1. The Kier molecular flexibility index (Phi) is 4.47. The largest absolute Gasteiger partial charge is 0.349 e. The molecule has 3 nitrogen and oxygen atoms in total. The van der Waals surface area contributed by atoms with Crippen LogP contribution in [0.25, 0.3) is 11.3 Å². The summed E-state index contributed by atoms with van der Waals surface area (Å²) >= 11 is 0. The van der Waals surface area contributed by atoms with Crippen LogP contribution in [-0.4, -0.2) is 16.9 Å². The molecule has 1 fully saturated rings. The lowest BCUT2D eigenvalue weighted by Crippen LogP contribution is -2.36. The Balaban J connectivity index is 1.68. The van der Waals surface area contributed by atoms with Crippen LogP contribution in [0, 0.1) is 5.82 Å². The number of nitrogens with zero attached hydrogens (tertiary/aromatic N) is 1. The quantitative estimate of drug-likeness (QED) is 0.932. The molecule has 1 aromatic carbocycles. The van der Waals surface area contributed by atoms with Crippen molar-refractivity contribution in [2.75, 3.05) is 0 Å². The molecule has 0 atom stereocenters. The molecule has 0 bridgehead atoms. The van der Waals surface area contributed by atoms with E-state index in [0.29, 0.717) is 5.56 Å². The molecule has 1 amide bonds. The molecular formula is C18H19FN2O. The Morgan fingerprint density at radius 2 is 1.77 bits per heavy atom. The molecule has 0 radical (unpaired) electrons. The second-order valence-electron chi connectivity index (χ2n) is 5.75. The topological polar surface area (TPSA) is 42.0 Å². The SMILES string of the molecule is O=C(NC1CCCCC1)c1ccc(-c2ccc(F)cc2)nc1. The van der Waals surface area contributed by atoms with Crippen LogP contribution in [0.3, 0.4) is 0 Å². The summed E-state index contributed by atoms with van der Waals surface area (Å²) in [6, 6.07) is 10.0. The second kappa shape index (κ2) is 6.69. The molecule has 1 aliphatic carbocycles. The number of hydrogen-bond acceptors (Lipinski definition) is 2. The summed E-state index contributed by atoms with van der Waals surface area (Å²) in [4.78, 5) is 16.5. The lowest BCUT2D eigenvalue weighted by molar-refractivity contribution is 0.0927. The van der Waals surface area contributed by atoms with Gasteiger partial charge in [-0.25, -0.2) is 4.39 Å². The van der Waals surface area contributed by atoms with Crippen molar-refractivity contribution in [3.8, 4) is 11.3 Å². The number of rotatable bonds is 3. The first kappa shape index (κ1) is 14.7. The van der Waals surface area contributed by atoms with Crippen LogP contribution in [0.5, 0.6) is 0 Å². The molecule has 4 heteroatoms. The van der Waals surface area contributed by atoms with E-state index in [1.807, 2.05) is 0 Å². The first-order valence-electron chi connectivity index (χ1n) is 7.75. The van der Waals surface area contributed by atoms with E-state index >= 15 is 0 Å². The van der Waals surface area contributed by atoms with Gasteiger partial charge in [0.1, 0.15) is 5.82 Å². The van der Waals surface area contributed by atoms with E-state index in [1.165, 1.54) is 31.4 Å². The molecule has 0 spiro atoms. The fraction of sp³-hybridized carbons (Fsp3) is 0.333. The average molecular weight is 298 g/mol. The minimum absolute atomic E-state index is 0.0648. The minimum Gasteiger partial charge on any atom is -0.349 e. The maximum Gasteiger partial charge on any atom is 0.253 e. The zero-order valence-corrected chi connectivity index (χ0v) is 12.4. The highest BCUT2D eigenvalue weighted by atomic mass is 19.1. The lowest BCUT2D eigenvalue weighted by atomic mass is 9.95. The summed E-state index contributed by atoms with van der Waals surface area (Å²) in [5, 5.41) is 3.07. The summed E-state index contributed by atoms with van der Waals surface area (Å²) in [5.41, 5.74) is 2.13. The molecule has 114 valence electrons. The number of halogens is 1. The molecule has 1 heterocycles. The van der Waals surface area contributed by atoms with Crippen LogP contribution in [0.15, 0.2) is 42.6 Å². The van der Waals surface area contributed by atoms with Crippen molar-refractivity contribution < 1.29 is 9.18 Å². The lowest BCUT2D eigenvalue weighted by Gasteiger charge is -2.22. The zero-order valence-electron chi connectivity index (χ0n) is 12.4. The van der Waals surface area contributed by atoms with E-state index in [9.17, 15) is 9.18 Å². The fourth-order valence-electron chi connectivity index (χ4n) is 2.84. The highest BCUT2D eigenvalue weighted by Crippen LogP contribution is 2.19. The third-order valence-corrected chi connectivity index (χ3v) is 4.11. The molecule has 1 aliphatic rings. The maximum atomic E-state index is 12.9. The van der Waals surface area contributed by atoms with E-state index in [-0.39, 0.29) is 17.8 Å². The van der Waals surface area contributed by atoms with Crippen molar-refractivity contribution >= 4 is 5.91 Å². The summed E-state index contributed by atoms with van der Waals surface area (Å²) in [6.07, 6.45) is 7.34. The second-order valence-corrected chi connectivity index (χ2v) is 5.75. The molecule has 1 N–H and O–H groups in total. The van der Waals surface area contributed by atoms with Gasteiger partial charge in [-0.1, -0.05) is 19.3 Å². The summed E-state index contributed by atoms with van der Waals surface area (Å²) in [5.74, 6) is -0.336. The highest BCUT2D eigenvalue weighted by Gasteiger charge is 2.16. The Morgan fingerprint density at radius 1 is 1.05 bits per heavy atom. The Bertz CT molecular complexity index is 631. The monoisotopic (exact) mass is 298 g/mol. The number of benzene rings is 1. The molecule has 2 aromatic rings. The van der Waals surface area contributed by atoms with E-state index in [0.717, 1.165) is 24.1 Å². The molecule has 1 aromatic heterocycles. The molecule has 0 unspecified atom stereocenters. The van der Waals surface area contributed by atoms with Gasteiger partial charge in [0, 0.05) is 17.8 Å². The number of nitrogens with one attached hydrogen (secondary N) is 1. The molecule has 0 aliphatic heterocycles. The third kappa shape index (κ3) is 3.50. The van der Waals surface area contributed by atoms with Gasteiger partial charge in [-0.05, 0) is 49.2 Å². The summed E-state index contributed by atoms with van der Waals surface area (Å²) < 4.78 is 12.9. The summed E-state index contributed by atoms with van der Waals surface area (Å²) in [7, 11) is 0. The Labute approximate surface area is 129 Å². The van der Waals surface area contributed by atoms with Crippen molar-refractivity contribution in [3.05, 3.63) is 54.0 Å². The van der Waals surface area contributed by atoms with Crippen molar-refractivity contribution in [1.29, 1.82) is 0 Å². The molecule has 3 rings (SSSR count). The van der Waals surface area contributed by atoms with Crippen molar-refractivity contribution in [3.63, 3.8) is 0 Å². The number of aromatic nitrogens is 1. The third-order valence-electron chi connectivity index (χ3n) is 4.11. The van der Waals surface area contributed by atoms with E-state index in [1.54, 1.807) is 30.5 Å². The van der Waals surface area contributed by atoms with Crippen molar-refractivity contribution in [1.82, 2.24) is 10.3 Å². The summed E-state index contributed by atoms with van der Waals surface area (Å²) in [6.45, 7) is 0. The molecule has 22 heavy (non-hydrogen) atoms. The Morgan fingerprint density at radius 3 is 2.41 bits per heavy atom. The van der Waals surface area contributed by atoms with E-state index in [2.05, 4.69) is 10.3 Å². The number of amides is 1. The van der Waals surface area contributed by atoms with E-state index < -0.39 is 0 Å². The van der Waals surface area contributed by atoms with Gasteiger partial charge < -0.3 is 5.32 Å². The van der Waals surface area contributed by atoms with Crippen LogP contribution in [0.2, 0.25) is 0 Å². The van der Waals surface area contributed by atoms with Gasteiger partial charge in [0.15, 0.2) is 0 Å². The zero-order chi connectivity index (χ0) is 15.4. The minimum atomic E-state index is -0.271.